The zero-order chi connectivity index (χ0) is 13.0. The first-order valence-electron chi connectivity index (χ1n) is 6.36. The van der Waals surface area contributed by atoms with Crippen molar-refractivity contribution in [2.45, 2.75) is 19.3 Å². The summed E-state index contributed by atoms with van der Waals surface area (Å²) in [6.07, 6.45) is 2.98. The minimum Gasteiger partial charge on any atom is -0.496 e. The van der Waals surface area contributed by atoms with Crippen LogP contribution in [0.25, 0.3) is 0 Å². The highest BCUT2D eigenvalue weighted by atomic mass is 19.1. The maximum atomic E-state index is 14.2. The van der Waals surface area contributed by atoms with Crippen molar-refractivity contribution in [3.05, 3.63) is 23.5 Å². The predicted molar refractivity (Wildman–Crippen MR) is 68.8 cm³/mol. The van der Waals surface area contributed by atoms with Crippen LogP contribution in [0.5, 0.6) is 11.5 Å². The molecule has 18 heavy (non-hydrogen) atoms. The molecule has 1 saturated heterocycles. The fraction of sp³-hybridized carbons (Fsp3) is 0.571. The van der Waals surface area contributed by atoms with E-state index in [1.54, 1.807) is 19.2 Å². The van der Waals surface area contributed by atoms with Crippen molar-refractivity contribution < 1.29 is 13.9 Å². The normalized spacial score (nSPS) is 19.6. The molecule has 2 rings (SSSR count). The number of ether oxygens (including phenoxy) is 2. The number of rotatable bonds is 4. The van der Waals surface area contributed by atoms with Crippen LogP contribution in [0.4, 0.5) is 4.39 Å². The molecule has 0 saturated carbocycles. The first-order valence-corrected chi connectivity index (χ1v) is 6.36. The van der Waals surface area contributed by atoms with Gasteiger partial charge in [0.2, 0.25) is 0 Å². The van der Waals surface area contributed by atoms with Crippen LogP contribution < -0.4 is 14.8 Å². The van der Waals surface area contributed by atoms with E-state index in [0.29, 0.717) is 23.7 Å². The quantitative estimate of drug-likeness (QED) is 0.893. The summed E-state index contributed by atoms with van der Waals surface area (Å²) in [6.45, 7) is 2.01. The van der Waals surface area contributed by atoms with E-state index in [2.05, 4.69) is 5.32 Å². The monoisotopic (exact) mass is 253 g/mol. The molecular formula is C14H20FNO2. The third kappa shape index (κ3) is 2.75. The highest BCUT2D eigenvalue weighted by Gasteiger charge is 2.20. The minimum atomic E-state index is -0.289. The molecule has 0 bridgehead atoms. The van der Waals surface area contributed by atoms with E-state index >= 15 is 0 Å². The van der Waals surface area contributed by atoms with E-state index in [1.165, 1.54) is 7.11 Å². The van der Waals surface area contributed by atoms with Gasteiger partial charge in [-0.3, -0.25) is 0 Å². The van der Waals surface area contributed by atoms with Crippen LogP contribution in [0.3, 0.4) is 0 Å². The molecule has 1 unspecified atom stereocenters. The molecule has 1 aromatic carbocycles. The minimum absolute atomic E-state index is 0.287. The van der Waals surface area contributed by atoms with Crippen LogP contribution in [0, 0.1) is 11.7 Å². The zero-order valence-corrected chi connectivity index (χ0v) is 11.0. The van der Waals surface area contributed by atoms with Crippen molar-refractivity contribution in [2.75, 3.05) is 27.3 Å². The number of benzene rings is 1. The van der Waals surface area contributed by atoms with Gasteiger partial charge in [-0.1, -0.05) is 0 Å². The Hall–Kier alpha value is -1.29. The first-order chi connectivity index (χ1) is 8.76. The van der Waals surface area contributed by atoms with E-state index < -0.39 is 0 Å². The van der Waals surface area contributed by atoms with Crippen molar-refractivity contribution >= 4 is 0 Å². The number of methoxy groups -OCH3 is 2. The molecule has 3 nitrogen and oxygen atoms in total. The topological polar surface area (TPSA) is 30.5 Å². The molecule has 0 aromatic heterocycles. The highest BCUT2D eigenvalue weighted by Crippen LogP contribution is 2.31. The largest absolute Gasteiger partial charge is 0.496 e. The Morgan fingerprint density at radius 3 is 2.61 bits per heavy atom. The molecule has 1 aliphatic rings. The molecule has 1 fully saturated rings. The second-order valence-corrected chi connectivity index (χ2v) is 4.68. The lowest BCUT2D eigenvalue weighted by Gasteiger charge is -2.24. The molecule has 1 aromatic rings. The lowest BCUT2D eigenvalue weighted by Crippen LogP contribution is -2.31. The first kappa shape index (κ1) is 13.1. The van der Waals surface area contributed by atoms with E-state index in [-0.39, 0.29) is 11.6 Å². The maximum Gasteiger partial charge on any atom is 0.171 e. The van der Waals surface area contributed by atoms with Gasteiger partial charge < -0.3 is 14.8 Å². The van der Waals surface area contributed by atoms with Crippen LogP contribution in [-0.4, -0.2) is 27.3 Å². The summed E-state index contributed by atoms with van der Waals surface area (Å²) in [4.78, 5) is 0. The standard InChI is InChI=1S/C14H20FNO2/c1-17-12-5-6-13(18-2)14(15)11(12)8-10-4-3-7-16-9-10/h5-6,10,16H,3-4,7-9H2,1-2H3. The second kappa shape index (κ2) is 6.05. The predicted octanol–water partition coefficient (Wildman–Crippen LogP) is 2.39. The smallest absolute Gasteiger partial charge is 0.171 e. The summed E-state index contributed by atoms with van der Waals surface area (Å²) in [5, 5.41) is 3.35. The lowest BCUT2D eigenvalue weighted by atomic mass is 9.91. The van der Waals surface area contributed by atoms with E-state index in [0.717, 1.165) is 25.9 Å². The van der Waals surface area contributed by atoms with E-state index in [1.807, 2.05) is 0 Å². The Morgan fingerprint density at radius 1 is 1.28 bits per heavy atom. The number of nitrogens with one attached hydrogen (secondary N) is 1. The zero-order valence-electron chi connectivity index (χ0n) is 11.0. The number of halogens is 1. The Labute approximate surface area is 107 Å². The van der Waals surface area contributed by atoms with Crippen molar-refractivity contribution in [1.29, 1.82) is 0 Å². The number of hydrogen-bond acceptors (Lipinski definition) is 3. The third-order valence-corrected chi connectivity index (χ3v) is 3.50. The molecule has 0 aliphatic carbocycles. The average molecular weight is 253 g/mol. The molecule has 0 spiro atoms. The molecular weight excluding hydrogens is 233 g/mol. The van der Waals surface area contributed by atoms with Crippen LogP contribution in [0.1, 0.15) is 18.4 Å². The van der Waals surface area contributed by atoms with Gasteiger partial charge in [-0.05, 0) is 50.4 Å². The number of hydrogen-bond donors (Lipinski definition) is 1. The highest BCUT2D eigenvalue weighted by molar-refractivity contribution is 5.42. The molecule has 100 valence electrons. The van der Waals surface area contributed by atoms with Gasteiger partial charge in [-0.15, -0.1) is 0 Å². The molecule has 1 atom stereocenters. The van der Waals surface area contributed by atoms with Crippen LogP contribution in [-0.2, 0) is 6.42 Å². The van der Waals surface area contributed by atoms with Crippen molar-refractivity contribution in [1.82, 2.24) is 5.32 Å². The molecule has 1 aliphatic heterocycles. The summed E-state index contributed by atoms with van der Waals surface area (Å²) < 4.78 is 24.5. The van der Waals surface area contributed by atoms with Gasteiger partial charge in [-0.25, -0.2) is 4.39 Å². The summed E-state index contributed by atoms with van der Waals surface area (Å²) >= 11 is 0. The lowest BCUT2D eigenvalue weighted by molar-refractivity contribution is 0.346. The van der Waals surface area contributed by atoms with Gasteiger partial charge in [0.15, 0.2) is 11.6 Å². The van der Waals surface area contributed by atoms with Gasteiger partial charge in [0.1, 0.15) is 5.75 Å². The van der Waals surface area contributed by atoms with Gasteiger partial charge in [0, 0.05) is 5.56 Å². The van der Waals surface area contributed by atoms with Crippen molar-refractivity contribution in [3.8, 4) is 11.5 Å². The summed E-state index contributed by atoms with van der Waals surface area (Å²) in [6, 6.07) is 3.38. The fourth-order valence-electron chi connectivity index (χ4n) is 2.51. The second-order valence-electron chi connectivity index (χ2n) is 4.68. The van der Waals surface area contributed by atoms with E-state index in [9.17, 15) is 4.39 Å². The average Bonchev–Trinajstić information content (AvgIpc) is 2.42. The maximum absolute atomic E-state index is 14.2. The van der Waals surface area contributed by atoms with Crippen molar-refractivity contribution in [3.63, 3.8) is 0 Å². The van der Waals surface area contributed by atoms with Gasteiger partial charge >= 0.3 is 0 Å². The number of piperidine rings is 1. The summed E-state index contributed by atoms with van der Waals surface area (Å²) in [5.74, 6) is 1.07. The van der Waals surface area contributed by atoms with Gasteiger partial charge in [0.05, 0.1) is 14.2 Å². The summed E-state index contributed by atoms with van der Waals surface area (Å²) in [5.41, 5.74) is 0.630. The fourth-order valence-corrected chi connectivity index (χ4v) is 2.51. The van der Waals surface area contributed by atoms with Crippen LogP contribution in [0.15, 0.2) is 12.1 Å². The third-order valence-electron chi connectivity index (χ3n) is 3.50. The van der Waals surface area contributed by atoms with Crippen molar-refractivity contribution in [2.24, 2.45) is 5.92 Å². The Bertz CT molecular complexity index is 403. The SMILES string of the molecule is COc1ccc(OC)c(CC2CCCNC2)c1F. The molecule has 0 radical (unpaired) electrons. The van der Waals surface area contributed by atoms with Gasteiger partial charge in [-0.2, -0.15) is 0 Å². The molecule has 1 N–H and O–H groups in total. The molecule has 0 amide bonds. The molecule has 1 heterocycles. The van der Waals surface area contributed by atoms with Gasteiger partial charge in [0.25, 0.3) is 0 Å². The van der Waals surface area contributed by atoms with Crippen LogP contribution >= 0.6 is 0 Å². The van der Waals surface area contributed by atoms with E-state index in [4.69, 9.17) is 9.47 Å². The Kier molecular flexibility index (Phi) is 4.42. The summed E-state index contributed by atoms with van der Waals surface area (Å²) in [7, 11) is 3.06. The van der Waals surface area contributed by atoms with Crippen LogP contribution in [0.2, 0.25) is 0 Å². The Morgan fingerprint density at radius 2 is 2.00 bits per heavy atom. The Balaban J connectivity index is 2.23. The molecule has 4 heteroatoms.